The number of hydrogen-bond donors (Lipinski definition) is 2. The van der Waals surface area contributed by atoms with E-state index in [0.29, 0.717) is 19.6 Å². The third-order valence-corrected chi connectivity index (χ3v) is 12.8. The third kappa shape index (κ3) is 7.59. The molecule has 0 bridgehead atoms. The van der Waals surface area contributed by atoms with Gasteiger partial charge in [0.05, 0.1) is 13.2 Å². The fourth-order valence-electron chi connectivity index (χ4n) is 10.1. The van der Waals surface area contributed by atoms with Crippen molar-refractivity contribution in [1.82, 2.24) is 0 Å². The van der Waals surface area contributed by atoms with Crippen LogP contribution >= 0.6 is 0 Å². The first-order valence-corrected chi connectivity index (χ1v) is 22.5. The number of fused-ring (bicyclic) bond motifs is 4. The number of ether oxygens (including phenoxy) is 2. The van der Waals surface area contributed by atoms with Gasteiger partial charge >= 0.3 is 0 Å². The first-order valence-electron chi connectivity index (χ1n) is 22.5. The van der Waals surface area contributed by atoms with Crippen molar-refractivity contribution in [2.45, 2.75) is 48.0 Å². The molecule has 0 saturated heterocycles. The van der Waals surface area contributed by atoms with E-state index in [0.717, 1.165) is 132 Å². The molecular weight excluding hydrogens is 797 g/mol. The molecule has 0 atom stereocenters. The molecule has 320 valence electrons. The lowest BCUT2D eigenvalue weighted by Crippen LogP contribution is -2.08. The van der Waals surface area contributed by atoms with Gasteiger partial charge in [-0.1, -0.05) is 109 Å². The Hall–Kier alpha value is -7.56. The van der Waals surface area contributed by atoms with E-state index in [2.05, 4.69) is 199 Å². The van der Waals surface area contributed by atoms with Crippen molar-refractivity contribution >= 4 is 43.1 Å². The molecule has 4 nitrogen and oxygen atoms in total. The van der Waals surface area contributed by atoms with E-state index in [9.17, 15) is 10.2 Å². The van der Waals surface area contributed by atoms with Crippen LogP contribution in [0, 0.1) is 41.5 Å². The minimum absolute atomic E-state index is 0.230. The van der Waals surface area contributed by atoms with E-state index < -0.39 is 0 Å². The molecule has 4 heteroatoms. The van der Waals surface area contributed by atoms with Gasteiger partial charge in [0.15, 0.2) is 0 Å². The number of benzene rings is 10. The maximum Gasteiger partial charge on any atom is 0.131 e. The second-order valence-electron chi connectivity index (χ2n) is 17.8. The summed E-state index contributed by atoms with van der Waals surface area (Å²) in [5.41, 5.74) is 13.1. The van der Waals surface area contributed by atoms with E-state index in [-0.39, 0.29) is 11.5 Å². The van der Waals surface area contributed by atoms with Gasteiger partial charge in [-0.2, -0.15) is 0 Å². The molecule has 10 aromatic rings. The van der Waals surface area contributed by atoms with Crippen LogP contribution < -0.4 is 9.47 Å². The van der Waals surface area contributed by atoms with Gasteiger partial charge in [0.1, 0.15) is 23.0 Å². The summed E-state index contributed by atoms with van der Waals surface area (Å²) in [6.45, 7) is 13.3. The largest absolute Gasteiger partial charge is 0.507 e. The van der Waals surface area contributed by atoms with Crippen LogP contribution in [0.3, 0.4) is 0 Å². The zero-order valence-corrected chi connectivity index (χ0v) is 37.8. The highest BCUT2D eigenvalue weighted by Crippen LogP contribution is 2.49. The summed E-state index contributed by atoms with van der Waals surface area (Å²) in [4.78, 5) is 0. The number of aromatic hydroxyl groups is 2. The van der Waals surface area contributed by atoms with Gasteiger partial charge in [-0.05, 0) is 167 Å². The molecule has 0 aliphatic carbocycles. The van der Waals surface area contributed by atoms with Crippen LogP contribution in [0.5, 0.6) is 23.0 Å². The average Bonchev–Trinajstić information content (AvgIpc) is 3.29. The Morgan fingerprint density at radius 1 is 0.338 bits per heavy atom. The van der Waals surface area contributed by atoms with Gasteiger partial charge in [0.2, 0.25) is 0 Å². The molecule has 10 rings (SSSR count). The van der Waals surface area contributed by atoms with Gasteiger partial charge in [0.25, 0.3) is 0 Å². The highest BCUT2D eigenvalue weighted by molar-refractivity contribution is 6.15. The van der Waals surface area contributed by atoms with Crippen molar-refractivity contribution < 1.29 is 19.7 Å². The predicted octanol–water partition coefficient (Wildman–Crippen LogP) is 16.1. The van der Waals surface area contributed by atoms with Crippen molar-refractivity contribution in [3.63, 3.8) is 0 Å². The lowest BCUT2D eigenvalue weighted by atomic mass is 9.88. The molecule has 0 fully saturated rings. The Morgan fingerprint density at radius 2 is 0.631 bits per heavy atom. The maximum absolute atomic E-state index is 12.4. The molecule has 0 amide bonds. The standard InChI is InChI=1S/C61H52O4/c1-36-26-40(5)60(52(30-36)50-28-38(3)32-54(58(50)62)56-46-20-11-7-16-42(46)34-43-17-8-12-21-47(43)56)64-24-15-25-65-61-41(6)27-37(2)31-53(61)51-29-39(4)33-55(59(51)63)57-48-22-13-9-18-44(48)35-45-19-10-14-23-49(45)57/h7-14,16-23,26-35,62-63H,15,24-25H2,1-6H3. The second kappa shape index (κ2) is 16.9. The fraction of sp³-hybridized carbons (Fsp3) is 0.148. The Morgan fingerprint density at radius 3 is 0.985 bits per heavy atom. The highest BCUT2D eigenvalue weighted by atomic mass is 16.5. The van der Waals surface area contributed by atoms with E-state index >= 15 is 0 Å². The molecule has 0 unspecified atom stereocenters. The van der Waals surface area contributed by atoms with Gasteiger partial charge < -0.3 is 19.7 Å². The van der Waals surface area contributed by atoms with Crippen LogP contribution in [0.4, 0.5) is 0 Å². The summed E-state index contributed by atoms with van der Waals surface area (Å²) in [6.07, 6.45) is 0.611. The van der Waals surface area contributed by atoms with Crippen LogP contribution in [0.1, 0.15) is 39.8 Å². The van der Waals surface area contributed by atoms with Crippen LogP contribution in [-0.2, 0) is 0 Å². The van der Waals surface area contributed by atoms with E-state index in [1.165, 1.54) is 0 Å². The van der Waals surface area contributed by atoms with Crippen molar-refractivity contribution in [3.8, 4) is 67.5 Å². The van der Waals surface area contributed by atoms with E-state index in [1.54, 1.807) is 0 Å². The Bertz CT molecular complexity index is 3170. The zero-order chi connectivity index (χ0) is 44.9. The van der Waals surface area contributed by atoms with Crippen molar-refractivity contribution in [3.05, 3.63) is 191 Å². The minimum Gasteiger partial charge on any atom is -0.507 e. The SMILES string of the molecule is Cc1cc(-c2cc(C)cc(C)c2OCCCOc2c(C)cc(C)cc2-c2cc(C)cc(-c3c4ccccc4cc4ccccc34)c2O)c(O)c(-c2c3ccccc3cc3ccccc23)c1. The maximum atomic E-state index is 12.4. The fourth-order valence-corrected chi connectivity index (χ4v) is 10.1. The number of phenols is 2. The van der Waals surface area contributed by atoms with Gasteiger partial charge in [-0.25, -0.2) is 0 Å². The molecule has 0 saturated carbocycles. The lowest BCUT2D eigenvalue weighted by molar-refractivity contribution is 0.247. The number of rotatable bonds is 10. The third-order valence-electron chi connectivity index (χ3n) is 12.8. The van der Waals surface area contributed by atoms with Crippen LogP contribution in [0.25, 0.3) is 87.6 Å². The molecule has 65 heavy (non-hydrogen) atoms. The topological polar surface area (TPSA) is 58.9 Å². The second-order valence-corrected chi connectivity index (χ2v) is 17.8. The zero-order valence-electron chi connectivity index (χ0n) is 37.8. The Kier molecular flexibility index (Phi) is 10.8. The number of phenolic OH excluding ortho intramolecular Hbond substituents is 2. The smallest absolute Gasteiger partial charge is 0.131 e. The van der Waals surface area contributed by atoms with Crippen LogP contribution in [-0.4, -0.2) is 23.4 Å². The summed E-state index contributed by atoms with van der Waals surface area (Å²) in [5, 5.41) is 33.6. The van der Waals surface area contributed by atoms with Crippen molar-refractivity contribution in [1.29, 1.82) is 0 Å². The number of aryl methyl sites for hydroxylation is 6. The molecule has 0 aliphatic rings. The van der Waals surface area contributed by atoms with Crippen molar-refractivity contribution in [2.75, 3.05) is 13.2 Å². The first kappa shape index (κ1) is 41.5. The first-order chi connectivity index (χ1) is 31.5. The summed E-state index contributed by atoms with van der Waals surface area (Å²) in [7, 11) is 0. The molecule has 0 spiro atoms. The van der Waals surface area contributed by atoms with E-state index in [1.807, 2.05) is 0 Å². The van der Waals surface area contributed by atoms with E-state index in [4.69, 9.17) is 9.47 Å². The summed E-state index contributed by atoms with van der Waals surface area (Å²) in [6, 6.07) is 54.9. The van der Waals surface area contributed by atoms with Crippen LogP contribution in [0.15, 0.2) is 158 Å². The molecule has 10 aromatic carbocycles. The summed E-state index contributed by atoms with van der Waals surface area (Å²) < 4.78 is 13.4. The summed E-state index contributed by atoms with van der Waals surface area (Å²) in [5.74, 6) is 1.95. The predicted molar refractivity (Wildman–Crippen MR) is 272 cm³/mol. The molecule has 0 heterocycles. The molecule has 0 radical (unpaired) electrons. The quantitative estimate of drug-likeness (QED) is 0.106. The van der Waals surface area contributed by atoms with Crippen molar-refractivity contribution in [2.24, 2.45) is 0 Å². The Labute approximate surface area is 381 Å². The molecule has 2 N–H and O–H groups in total. The van der Waals surface area contributed by atoms with Gasteiger partial charge in [0, 0.05) is 50.9 Å². The lowest BCUT2D eigenvalue weighted by Gasteiger charge is -2.21. The number of hydrogen-bond acceptors (Lipinski definition) is 4. The summed E-state index contributed by atoms with van der Waals surface area (Å²) >= 11 is 0. The van der Waals surface area contributed by atoms with Crippen LogP contribution in [0.2, 0.25) is 0 Å². The molecular formula is C61H52O4. The van der Waals surface area contributed by atoms with Gasteiger partial charge in [-0.15, -0.1) is 0 Å². The van der Waals surface area contributed by atoms with Gasteiger partial charge in [-0.3, -0.25) is 0 Å². The minimum atomic E-state index is 0.230. The Balaban J connectivity index is 0.959. The monoisotopic (exact) mass is 848 g/mol. The normalized spacial score (nSPS) is 11.5. The molecule has 0 aliphatic heterocycles. The average molecular weight is 849 g/mol. The molecule has 0 aromatic heterocycles. The highest BCUT2D eigenvalue weighted by Gasteiger charge is 2.23.